The van der Waals surface area contributed by atoms with Crippen LogP contribution in [0.1, 0.15) is 0 Å². The summed E-state index contributed by atoms with van der Waals surface area (Å²) in [5, 5.41) is 3.80. The molecular formula is C4H6N4S2. The normalized spacial score (nSPS) is 9.30. The highest BCUT2D eigenvalue weighted by Gasteiger charge is 1.91. The van der Waals surface area contributed by atoms with Crippen LogP contribution in [-0.4, -0.2) is 25.4 Å². The number of nitrogens with zero attached hydrogens (tertiary/aromatic N) is 3. The molecule has 0 aliphatic carbocycles. The van der Waals surface area contributed by atoms with E-state index in [4.69, 9.17) is 12.2 Å². The molecule has 0 saturated heterocycles. The van der Waals surface area contributed by atoms with Crippen LogP contribution in [0, 0.1) is 0 Å². The first-order valence-electron chi connectivity index (χ1n) is 2.52. The molecule has 4 nitrogen and oxygen atoms in total. The lowest BCUT2D eigenvalue weighted by atomic mass is 11.3. The van der Waals surface area contributed by atoms with Crippen molar-refractivity contribution in [3.8, 4) is 0 Å². The van der Waals surface area contributed by atoms with Gasteiger partial charge < -0.3 is 0 Å². The first-order valence-corrected chi connectivity index (χ1v) is 4.16. The number of rotatable bonds is 1. The van der Waals surface area contributed by atoms with Crippen LogP contribution in [-0.2, 0) is 0 Å². The molecule has 0 aliphatic rings. The zero-order valence-corrected chi connectivity index (χ0v) is 6.95. The van der Waals surface area contributed by atoms with Gasteiger partial charge in [-0.1, -0.05) is 24.0 Å². The molecule has 1 aromatic heterocycles. The molecule has 0 unspecified atom stereocenters. The van der Waals surface area contributed by atoms with Crippen molar-refractivity contribution in [2.75, 3.05) is 11.7 Å². The van der Waals surface area contributed by atoms with E-state index in [1.54, 1.807) is 6.33 Å². The van der Waals surface area contributed by atoms with Crippen LogP contribution in [0.5, 0.6) is 0 Å². The Morgan fingerprint density at radius 3 is 3.10 bits per heavy atom. The Hall–Kier alpha value is -0.620. The molecule has 1 rings (SSSR count). The number of hydrogen-bond donors (Lipinski definition) is 1. The molecule has 0 fully saturated rings. The number of hydrogen-bond acceptors (Lipinski definition) is 4. The molecule has 0 aliphatic heterocycles. The Morgan fingerprint density at radius 1 is 1.80 bits per heavy atom. The molecule has 1 heterocycles. The Bertz CT molecular complexity index is 207. The van der Waals surface area contributed by atoms with Gasteiger partial charge in [-0.3, -0.25) is 5.43 Å². The molecule has 0 amide bonds. The molecule has 54 valence electrons. The number of aromatic nitrogens is 3. The number of thioether (sulfide) groups is 1. The number of thiocarbonyl (C=S) groups is 1. The van der Waals surface area contributed by atoms with E-state index in [1.165, 1.54) is 22.9 Å². The van der Waals surface area contributed by atoms with Gasteiger partial charge in [0.2, 0.25) is 0 Å². The van der Waals surface area contributed by atoms with Gasteiger partial charge in [0.15, 0.2) is 4.32 Å². The predicted molar refractivity (Wildman–Crippen MR) is 45.5 cm³/mol. The van der Waals surface area contributed by atoms with Gasteiger partial charge in [0.25, 0.3) is 0 Å². The molecule has 1 N–H and O–H groups in total. The summed E-state index contributed by atoms with van der Waals surface area (Å²) < 4.78 is 0.672. The van der Waals surface area contributed by atoms with Crippen molar-refractivity contribution in [1.82, 2.24) is 14.9 Å². The van der Waals surface area contributed by atoms with Gasteiger partial charge in [-0.2, -0.15) is 4.79 Å². The lowest BCUT2D eigenvalue weighted by Crippen LogP contribution is -2.18. The highest BCUT2D eigenvalue weighted by atomic mass is 32.2. The van der Waals surface area contributed by atoms with Crippen LogP contribution >= 0.6 is 24.0 Å². The third-order valence-electron chi connectivity index (χ3n) is 0.810. The van der Waals surface area contributed by atoms with Crippen LogP contribution in [0.4, 0.5) is 0 Å². The van der Waals surface area contributed by atoms with E-state index in [1.807, 2.05) is 6.26 Å². The van der Waals surface area contributed by atoms with Gasteiger partial charge in [-0.25, -0.2) is 4.98 Å². The molecule has 0 radical (unpaired) electrons. The van der Waals surface area contributed by atoms with Crippen molar-refractivity contribution in [1.29, 1.82) is 0 Å². The summed E-state index contributed by atoms with van der Waals surface area (Å²) >= 11 is 6.32. The minimum absolute atomic E-state index is 0.672. The van der Waals surface area contributed by atoms with Gasteiger partial charge in [0, 0.05) is 0 Å². The quantitative estimate of drug-likeness (QED) is 0.627. The number of nitrogens with one attached hydrogen (secondary N) is 1. The maximum Gasteiger partial charge on any atom is 0.153 e. The summed E-state index contributed by atoms with van der Waals surface area (Å²) in [6, 6.07) is 0. The standard InChI is InChI=1S/C4H6N4S2/c1-10-4(9)7-8-3-5-2-6-8/h2-3H,1H3,(H,7,9). The van der Waals surface area contributed by atoms with Crippen molar-refractivity contribution >= 4 is 28.3 Å². The molecule has 0 saturated carbocycles. The van der Waals surface area contributed by atoms with E-state index in [-0.39, 0.29) is 0 Å². The molecule has 1 aromatic rings. The SMILES string of the molecule is CSC(=S)Nn1cncn1. The van der Waals surface area contributed by atoms with Crippen molar-refractivity contribution < 1.29 is 0 Å². The van der Waals surface area contributed by atoms with E-state index in [0.29, 0.717) is 4.32 Å². The predicted octanol–water partition coefficient (Wildman–Crippen LogP) is 0.469. The van der Waals surface area contributed by atoms with Crippen LogP contribution in [0.3, 0.4) is 0 Å². The van der Waals surface area contributed by atoms with Gasteiger partial charge in [-0.15, -0.1) is 5.10 Å². The highest BCUT2D eigenvalue weighted by molar-refractivity contribution is 8.22. The second-order valence-electron chi connectivity index (χ2n) is 1.44. The second-order valence-corrected chi connectivity index (χ2v) is 2.93. The first kappa shape index (κ1) is 7.49. The summed E-state index contributed by atoms with van der Waals surface area (Å²) in [6.45, 7) is 0. The molecule has 0 atom stereocenters. The maximum absolute atomic E-state index is 4.87. The van der Waals surface area contributed by atoms with Gasteiger partial charge in [-0.05, 0) is 6.26 Å². The van der Waals surface area contributed by atoms with Gasteiger partial charge >= 0.3 is 0 Å². The van der Waals surface area contributed by atoms with Crippen LogP contribution in [0.25, 0.3) is 0 Å². The molecule has 10 heavy (non-hydrogen) atoms. The fourth-order valence-corrected chi connectivity index (χ4v) is 0.683. The lowest BCUT2D eigenvalue weighted by molar-refractivity contribution is 0.819. The summed E-state index contributed by atoms with van der Waals surface area (Å²) in [6.07, 6.45) is 4.88. The van der Waals surface area contributed by atoms with Crippen LogP contribution < -0.4 is 5.43 Å². The summed E-state index contributed by atoms with van der Waals surface area (Å²) in [7, 11) is 0. The Morgan fingerprint density at radius 2 is 2.60 bits per heavy atom. The summed E-state index contributed by atoms with van der Waals surface area (Å²) in [5.74, 6) is 0. The van der Waals surface area contributed by atoms with Crippen molar-refractivity contribution in [2.45, 2.75) is 0 Å². The van der Waals surface area contributed by atoms with Crippen molar-refractivity contribution in [2.24, 2.45) is 0 Å². The van der Waals surface area contributed by atoms with E-state index in [2.05, 4.69) is 15.5 Å². The molecule has 0 bridgehead atoms. The van der Waals surface area contributed by atoms with E-state index < -0.39 is 0 Å². The van der Waals surface area contributed by atoms with E-state index in [0.717, 1.165) is 0 Å². The minimum atomic E-state index is 0.672. The zero-order valence-electron chi connectivity index (χ0n) is 5.31. The van der Waals surface area contributed by atoms with Gasteiger partial charge in [0.1, 0.15) is 12.7 Å². The fraction of sp³-hybridized carbons (Fsp3) is 0.250. The van der Waals surface area contributed by atoms with Crippen molar-refractivity contribution in [3.63, 3.8) is 0 Å². The minimum Gasteiger partial charge on any atom is -0.261 e. The van der Waals surface area contributed by atoms with E-state index in [9.17, 15) is 0 Å². The first-order chi connectivity index (χ1) is 4.83. The Labute approximate surface area is 68.0 Å². The topological polar surface area (TPSA) is 42.7 Å². The maximum atomic E-state index is 4.87. The Kier molecular flexibility index (Phi) is 2.64. The largest absolute Gasteiger partial charge is 0.261 e. The average Bonchev–Trinajstić information content (AvgIpc) is 2.40. The van der Waals surface area contributed by atoms with E-state index >= 15 is 0 Å². The van der Waals surface area contributed by atoms with Crippen LogP contribution in [0.15, 0.2) is 12.7 Å². The molecule has 0 spiro atoms. The van der Waals surface area contributed by atoms with Gasteiger partial charge in [0.05, 0.1) is 0 Å². The third-order valence-corrected chi connectivity index (χ3v) is 1.86. The zero-order chi connectivity index (χ0) is 7.40. The summed E-state index contributed by atoms with van der Waals surface area (Å²) in [4.78, 5) is 5.19. The molecule has 0 aromatic carbocycles. The second kappa shape index (κ2) is 3.52. The Balaban J connectivity index is 2.48. The fourth-order valence-electron chi connectivity index (χ4n) is 0.405. The molecular weight excluding hydrogens is 168 g/mol. The smallest absolute Gasteiger partial charge is 0.153 e. The molecule has 6 heteroatoms. The highest BCUT2D eigenvalue weighted by Crippen LogP contribution is 1.94. The van der Waals surface area contributed by atoms with Crippen LogP contribution in [0.2, 0.25) is 0 Å². The summed E-state index contributed by atoms with van der Waals surface area (Å²) in [5.41, 5.74) is 2.81. The average molecular weight is 174 g/mol. The monoisotopic (exact) mass is 174 g/mol. The van der Waals surface area contributed by atoms with Crippen molar-refractivity contribution in [3.05, 3.63) is 12.7 Å². The third kappa shape index (κ3) is 1.96. The lowest BCUT2D eigenvalue weighted by Gasteiger charge is -2.01.